The van der Waals surface area contributed by atoms with Crippen molar-refractivity contribution < 1.29 is 0 Å². The van der Waals surface area contributed by atoms with Crippen LogP contribution in [0.3, 0.4) is 0 Å². The maximum absolute atomic E-state index is 4.07. The Morgan fingerprint density at radius 2 is 2.33 bits per heavy atom. The van der Waals surface area contributed by atoms with E-state index in [1.54, 1.807) is 11.3 Å². The predicted molar refractivity (Wildman–Crippen MR) is 67.1 cm³/mol. The number of hydrogen-bond donors (Lipinski definition) is 1. The van der Waals surface area contributed by atoms with E-state index in [1.165, 1.54) is 30.6 Å². The normalized spacial score (nSPS) is 12.9. The van der Waals surface area contributed by atoms with Crippen molar-refractivity contribution in [2.45, 2.75) is 46.1 Å². The highest BCUT2D eigenvalue weighted by Gasteiger charge is 2.05. The summed E-state index contributed by atoms with van der Waals surface area (Å²) in [7, 11) is 0. The van der Waals surface area contributed by atoms with Crippen LogP contribution in [0.1, 0.15) is 44.4 Å². The molecule has 0 fully saturated rings. The minimum Gasteiger partial charge on any atom is -0.312 e. The second-order valence-corrected chi connectivity index (χ2v) is 4.99. The first-order chi connectivity index (χ1) is 7.36. The highest BCUT2D eigenvalue weighted by Crippen LogP contribution is 2.12. The zero-order chi connectivity index (χ0) is 10.9. The molecule has 1 N–H and O–H groups in total. The predicted octanol–water partition coefficient (Wildman–Crippen LogP) is 3.45. The van der Waals surface area contributed by atoms with Gasteiger partial charge in [0, 0.05) is 17.6 Å². The van der Waals surface area contributed by atoms with Crippen molar-refractivity contribution in [3.8, 4) is 0 Å². The van der Waals surface area contributed by atoms with Gasteiger partial charge in [-0.1, -0.05) is 33.1 Å². The van der Waals surface area contributed by atoms with E-state index in [1.807, 2.05) is 11.7 Å². The van der Waals surface area contributed by atoms with E-state index < -0.39 is 0 Å². The molecule has 2 nitrogen and oxygen atoms in total. The summed E-state index contributed by atoms with van der Waals surface area (Å²) in [4.78, 5) is 5.40. The van der Waals surface area contributed by atoms with Crippen molar-refractivity contribution in [3.05, 3.63) is 16.6 Å². The van der Waals surface area contributed by atoms with E-state index in [-0.39, 0.29) is 0 Å². The molecule has 0 saturated carbocycles. The van der Waals surface area contributed by atoms with E-state index in [0.717, 1.165) is 19.0 Å². The SMILES string of the molecule is CCCC[C@H](CC)CNCc1cncs1. The second kappa shape index (κ2) is 7.83. The van der Waals surface area contributed by atoms with Gasteiger partial charge < -0.3 is 5.32 Å². The molecule has 0 bridgehead atoms. The van der Waals surface area contributed by atoms with Gasteiger partial charge in [-0.3, -0.25) is 4.98 Å². The first kappa shape index (κ1) is 12.7. The smallest absolute Gasteiger partial charge is 0.0794 e. The summed E-state index contributed by atoms with van der Waals surface area (Å²) < 4.78 is 0. The summed E-state index contributed by atoms with van der Waals surface area (Å²) in [5.74, 6) is 0.845. The van der Waals surface area contributed by atoms with Gasteiger partial charge in [0.1, 0.15) is 0 Å². The zero-order valence-electron chi connectivity index (χ0n) is 9.83. The first-order valence-electron chi connectivity index (χ1n) is 5.94. The summed E-state index contributed by atoms with van der Waals surface area (Å²) in [6.45, 7) is 6.67. The summed E-state index contributed by atoms with van der Waals surface area (Å²) in [6, 6.07) is 0. The number of unbranched alkanes of at least 4 members (excludes halogenated alkanes) is 1. The summed E-state index contributed by atoms with van der Waals surface area (Å²) in [6.07, 6.45) is 7.27. The number of nitrogens with zero attached hydrogens (tertiary/aromatic N) is 1. The molecule has 0 aromatic carbocycles. The minimum absolute atomic E-state index is 0.845. The van der Waals surface area contributed by atoms with Crippen molar-refractivity contribution >= 4 is 11.3 Å². The van der Waals surface area contributed by atoms with E-state index in [2.05, 4.69) is 24.1 Å². The highest BCUT2D eigenvalue weighted by atomic mass is 32.1. The molecule has 0 aliphatic rings. The Kier molecular flexibility index (Phi) is 6.60. The highest BCUT2D eigenvalue weighted by molar-refractivity contribution is 7.09. The maximum Gasteiger partial charge on any atom is 0.0794 e. The molecule has 1 heterocycles. The average molecular weight is 226 g/mol. The Hall–Kier alpha value is -0.410. The molecule has 0 radical (unpaired) electrons. The topological polar surface area (TPSA) is 24.9 Å². The fraction of sp³-hybridized carbons (Fsp3) is 0.750. The third kappa shape index (κ3) is 5.28. The number of nitrogens with one attached hydrogen (secondary N) is 1. The molecule has 0 unspecified atom stereocenters. The molecule has 15 heavy (non-hydrogen) atoms. The minimum atomic E-state index is 0.845. The van der Waals surface area contributed by atoms with E-state index in [0.29, 0.717) is 0 Å². The van der Waals surface area contributed by atoms with Crippen LogP contribution >= 0.6 is 11.3 Å². The lowest BCUT2D eigenvalue weighted by atomic mass is 9.99. The van der Waals surface area contributed by atoms with Gasteiger partial charge in [-0.15, -0.1) is 11.3 Å². The van der Waals surface area contributed by atoms with E-state index >= 15 is 0 Å². The zero-order valence-corrected chi connectivity index (χ0v) is 10.6. The van der Waals surface area contributed by atoms with Gasteiger partial charge >= 0.3 is 0 Å². The molecule has 3 heteroatoms. The molecule has 1 rings (SSSR count). The molecule has 1 aromatic rings. The van der Waals surface area contributed by atoms with Crippen LogP contribution in [-0.4, -0.2) is 11.5 Å². The molecule has 0 aliphatic heterocycles. The first-order valence-corrected chi connectivity index (χ1v) is 6.82. The monoisotopic (exact) mass is 226 g/mol. The van der Waals surface area contributed by atoms with Gasteiger partial charge in [-0.25, -0.2) is 0 Å². The largest absolute Gasteiger partial charge is 0.312 e. The van der Waals surface area contributed by atoms with Crippen molar-refractivity contribution in [2.24, 2.45) is 5.92 Å². The lowest BCUT2D eigenvalue weighted by Gasteiger charge is -2.14. The van der Waals surface area contributed by atoms with Crippen LogP contribution in [0, 0.1) is 5.92 Å². The Bertz CT molecular complexity index is 234. The van der Waals surface area contributed by atoms with Gasteiger partial charge in [0.05, 0.1) is 5.51 Å². The van der Waals surface area contributed by atoms with Crippen LogP contribution in [0.15, 0.2) is 11.7 Å². The van der Waals surface area contributed by atoms with Crippen LogP contribution in [0.25, 0.3) is 0 Å². The summed E-state index contributed by atoms with van der Waals surface area (Å²) >= 11 is 1.73. The second-order valence-electron chi connectivity index (χ2n) is 4.02. The van der Waals surface area contributed by atoms with Crippen molar-refractivity contribution in [3.63, 3.8) is 0 Å². The Labute approximate surface area is 97.1 Å². The van der Waals surface area contributed by atoms with Crippen LogP contribution in [-0.2, 0) is 6.54 Å². The molecule has 0 aliphatic carbocycles. The lowest BCUT2D eigenvalue weighted by molar-refractivity contribution is 0.420. The van der Waals surface area contributed by atoms with Gasteiger partial charge in [-0.2, -0.15) is 0 Å². The van der Waals surface area contributed by atoms with Gasteiger partial charge in [0.2, 0.25) is 0 Å². The van der Waals surface area contributed by atoms with Crippen LogP contribution < -0.4 is 5.32 Å². The molecule has 0 amide bonds. The van der Waals surface area contributed by atoms with E-state index in [9.17, 15) is 0 Å². The van der Waals surface area contributed by atoms with Gasteiger partial charge in [0.25, 0.3) is 0 Å². The molecule has 0 spiro atoms. The summed E-state index contributed by atoms with van der Waals surface area (Å²) in [5, 5.41) is 3.52. The molecule has 1 atom stereocenters. The number of thiazole rings is 1. The van der Waals surface area contributed by atoms with Crippen molar-refractivity contribution in [2.75, 3.05) is 6.54 Å². The van der Waals surface area contributed by atoms with Crippen LogP contribution in [0.5, 0.6) is 0 Å². The number of rotatable bonds is 8. The summed E-state index contributed by atoms with van der Waals surface area (Å²) in [5.41, 5.74) is 1.89. The van der Waals surface area contributed by atoms with Crippen molar-refractivity contribution in [1.82, 2.24) is 10.3 Å². The Morgan fingerprint density at radius 3 is 2.93 bits per heavy atom. The fourth-order valence-electron chi connectivity index (χ4n) is 1.67. The molecular formula is C12H22N2S. The molecule has 1 aromatic heterocycles. The number of aromatic nitrogens is 1. The molecule has 86 valence electrons. The molecule has 0 saturated heterocycles. The molecular weight excluding hydrogens is 204 g/mol. The van der Waals surface area contributed by atoms with Crippen LogP contribution in [0.4, 0.5) is 0 Å². The van der Waals surface area contributed by atoms with Gasteiger partial charge in [0.15, 0.2) is 0 Å². The Morgan fingerprint density at radius 1 is 1.47 bits per heavy atom. The third-order valence-corrected chi connectivity index (χ3v) is 3.54. The standard InChI is InChI=1S/C12H22N2S/c1-3-5-6-11(4-2)7-13-8-12-9-14-10-15-12/h9-11,13H,3-8H2,1-2H3/t11-/m0/s1. The third-order valence-electron chi connectivity index (χ3n) is 2.76. The average Bonchev–Trinajstić information content (AvgIpc) is 2.76. The fourth-order valence-corrected chi connectivity index (χ4v) is 2.24. The Balaban J connectivity index is 2.11. The quantitative estimate of drug-likeness (QED) is 0.734. The lowest BCUT2D eigenvalue weighted by Crippen LogP contribution is -2.21. The van der Waals surface area contributed by atoms with E-state index in [4.69, 9.17) is 0 Å². The van der Waals surface area contributed by atoms with Gasteiger partial charge in [-0.05, 0) is 18.9 Å². The maximum atomic E-state index is 4.07. The number of hydrogen-bond acceptors (Lipinski definition) is 3. The van der Waals surface area contributed by atoms with Crippen molar-refractivity contribution in [1.29, 1.82) is 0 Å². The van der Waals surface area contributed by atoms with Crippen LogP contribution in [0.2, 0.25) is 0 Å².